The molecule has 10 heteroatoms. The lowest BCUT2D eigenvalue weighted by molar-refractivity contribution is 0.159. The highest BCUT2D eigenvalue weighted by Gasteiger charge is 2.30. The summed E-state index contributed by atoms with van der Waals surface area (Å²) in [6, 6.07) is -0.235. The molecule has 1 atom stereocenters. The molecule has 2 heterocycles. The number of anilines is 1. The zero-order valence-corrected chi connectivity index (χ0v) is 12.4. The molecule has 1 aromatic carbocycles. The number of halogens is 3. The molecular weight excluding hydrogens is 327 g/mol. The minimum absolute atomic E-state index is 0.292. The molecule has 24 heavy (non-hydrogen) atoms. The summed E-state index contributed by atoms with van der Waals surface area (Å²) >= 11 is 0. The normalized spacial score (nSPS) is 17.8. The van der Waals surface area contributed by atoms with Crippen molar-refractivity contribution in [3.8, 4) is 0 Å². The standard InChI is InChI=1S/C14H14F3N5O2/c15-7-5-9(17)10(6-8(7)16)18-14(24)22-4-2-1-3-11(22)12-19-13(23)21-20-12/h5-6,11H,1-4H2,(H,18,24)(H2,19,20,21,23). The molecule has 2 amide bonds. The average Bonchev–Trinajstić information content (AvgIpc) is 2.99. The van der Waals surface area contributed by atoms with Gasteiger partial charge in [0.05, 0.1) is 11.7 Å². The van der Waals surface area contributed by atoms with E-state index in [0.29, 0.717) is 30.9 Å². The van der Waals surface area contributed by atoms with Gasteiger partial charge in [-0.15, -0.1) is 0 Å². The van der Waals surface area contributed by atoms with Crippen molar-refractivity contribution in [1.29, 1.82) is 0 Å². The lowest BCUT2D eigenvalue weighted by atomic mass is 10.0. The summed E-state index contributed by atoms with van der Waals surface area (Å²) in [5.74, 6) is -3.39. The fourth-order valence-electron chi connectivity index (χ4n) is 2.71. The first-order valence-electron chi connectivity index (χ1n) is 7.32. The number of H-pyrrole nitrogens is 2. The number of urea groups is 1. The largest absolute Gasteiger partial charge is 0.340 e. The molecule has 0 bridgehead atoms. The number of likely N-dealkylation sites (tertiary alicyclic amines) is 1. The number of nitrogens with zero attached hydrogens (tertiary/aromatic N) is 2. The highest BCUT2D eigenvalue weighted by atomic mass is 19.2. The second kappa shape index (κ2) is 6.38. The summed E-state index contributed by atoms with van der Waals surface area (Å²) in [4.78, 5) is 27.5. The van der Waals surface area contributed by atoms with Crippen molar-refractivity contribution in [3.05, 3.63) is 45.9 Å². The van der Waals surface area contributed by atoms with Crippen LogP contribution >= 0.6 is 0 Å². The van der Waals surface area contributed by atoms with Gasteiger partial charge in [0.15, 0.2) is 17.5 Å². The zero-order valence-electron chi connectivity index (χ0n) is 12.4. The van der Waals surface area contributed by atoms with Gasteiger partial charge in [-0.05, 0) is 19.3 Å². The summed E-state index contributed by atoms with van der Waals surface area (Å²) in [5.41, 5.74) is -0.957. The van der Waals surface area contributed by atoms with E-state index in [9.17, 15) is 22.8 Å². The van der Waals surface area contributed by atoms with E-state index in [1.165, 1.54) is 4.90 Å². The van der Waals surface area contributed by atoms with Crippen LogP contribution < -0.4 is 11.0 Å². The Morgan fingerprint density at radius 2 is 1.96 bits per heavy atom. The Morgan fingerprint density at radius 1 is 1.21 bits per heavy atom. The third-order valence-corrected chi connectivity index (χ3v) is 3.85. The summed E-state index contributed by atoms with van der Waals surface area (Å²) in [6.45, 7) is 0.358. The van der Waals surface area contributed by atoms with Crippen molar-refractivity contribution < 1.29 is 18.0 Å². The molecule has 1 unspecified atom stereocenters. The monoisotopic (exact) mass is 341 g/mol. The Hall–Kier alpha value is -2.78. The van der Waals surface area contributed by atoms with Crippen LogP contribution in [-0.4, -0.2) is 32.7 Å². The van der Waals surface area contributed by atoms with E-state index in [0.717, 1.165) is 12.8 Å². The topological polar surface area (TPSA) is 93.9 Å². The average molecular weight is 341 g/mol. The van der Waals surface area contributed by atoms with Gasteiger partial charge in [0, 0.05) is 18.7 Å². The van der Waals surface area contributed by atoms with Crippen molar-refractivity contribution in [2.24, 2.45) is 0 Å². The molecule has 2 aromatic rings. The van der Waals surface area contributed by atoms with Gasteiger partial charge >= 0.3 is 11.7 Å². The first-order chi connectivity index (χ1) is 11.5. The van der Waals surface area contributed by atoms with E-state index in [1.54, 1.807) is 0 Å². The maximum absolute atomic E-state index is 13.7. The van der Waals surface area contributed by atoms with Gasteiger partial charge in [-0.3, -0.25) is 4.98 Å². The molecule has 3 rings (SSSR count). The second-order valence-corrected chi connectivity index (χ2v) is 5.44. The molecule has 1 aliphatic heterocycles. The van der Waals surface area contributed by atoms with Crippen molar-refractivity contribution in [2.75, 3.05) is 11.9 Å². The summed E-state index contributed by atoms with van der Waals surface area (Å²) < 4.78 is 39.9. The Labute approximate surface area is 133 Å². The summed E-state index contributed by atoms with van der Waals surface area (Å²) in [7, 11) is 0. The number of aromatic nitrogens is 3. The van der Waals surface area contributed by atoms with Crippen LogP contribution in [0.2, 0.25) is 0 Å². The zero-order chi connectivity index (χ0) is 17.3. The smallest absolute Gasteiger partial charge is 0.314 e. The van der Waals surface area contributed by atoms with Crippen LogP contribution in [0.3, 0.4) is 0 Å². The van der Waals surface area contributed by atoms with E-state index in [-0.39, 0.29) is 0 Å². The van der Waals surface area contributed by atoms with Gasteiger partial charge in [-0.25, -0.2) is 27.9 Å². The quantitative estimate of drug-likeness (QED) is 0.732. The van der Waals surface area contributed by atoms with Gasteiger partial charge in [-0.1, -0.05) is 0 Å². The van der Waals surface area contributed by atoms with E-state index < -0.39 is 40.9 Å². The molecule has 7 nitrogen and oxygen atoms in total. The molecule has 0 saturated carbocycles. The third-order valence-electron chi connectivity index (χ3n) is 3.85. The highest BCUT2D eigenvalue weighted by molar-refractivity contribution is 5.89. The van der Waals surface area contributed by atoms with Crippen molar-refractivity contribution in [2.45, 2.75) is 25.3 Å². The van der Waals surface area contributed by atoms with E-state index in [2.05, 4.69) is 20.5 Å². The van der Waals surface area contributed by atoms with Crippen LogP contribution in [0.4, 0.5) is 23.7 Å². The fourth-order valence-corrected chi connectivity index (χ4v) is 2.71. The maximum Gasteiger partial charge on any atom is 0.340 e. The molecule has 128 valence electrons. The summed E-state index contributed by atoms with van der Waals surface area (Å²) in [6.07, 6.45) is 2.11. The third kappa shape index (κ3) is 3.12. The number of hydrogen-bond donors (Lipinski definition) is 3. The number of amides is 2. The Balaban J connectivity index is 1.82. The van der Waals surface area contributed by atoms with Gasteiger partial charge in [0.25, 0.3) is 0 Å². The van der Waals surface area contributed by atoms with Crippen molar-refractivity contribution in [1.82, 2.24) is 20.1 Å². The predicted octanol–water partition coefficient (Wildman–Crippen LogP) is 2.27. The number of rotatable bonds is 2. The molecular formula is C14H14F3N5O2. The first kappa shape index (κ1) is 16.1. The van der Waals surface area contributed by atoms with Crippen molar-refractivity contribution in [3.63, 3.8) is 0 Å². The lowest BCUT2D eigenvalue weighted by Gasteiger charge is -2.34. The van der Waals surface area contributed by atoms with Crippen LogP contribution in [0.15, 0.2) is 16.9 Å². The van der Waals surface area contributed by atoms with E-state index in [1.807, 2.05) is 0 Å². The van der Waals surface area contributed by atoms with Crippen LogP contribution in [0.1, 0.15) is 31.1 Å². The van der Waals surface area contributed by atoms with Crippen LogP contribution in [0, 0.1) is 17.5 Å². The molecule has 1 saturated heterocycles. The highest BCUT2D eigenvalue weighted by Crippen LogP contribution is 2.29. The van der Waals surface area contributed by atoms with Crippen LogP contribution in [0.5, 0.6) is 0 Å². The maximum atomic E-state index is 13.7. The molecule has 1 fully saturated rings. The van der Waals surface area contributed by atoms with Gasteiger partial charge in [0.1, 0.15) is 5.82 Å². The Bertz CT molecular complexity index is 819. The summed E-state index contributed by atoms with van der Waals surface area (Å²) in [5, 5.41) is 8.28. The van der Waals surface area contributed by atoms with Gasteiger partial charge in [0.2, 0.25) is 0 Å². The van der Waals surface area contributed by atoms with Crippen molar-refractivity contribution >= 4 is 11.7 Å². The van der Waals surface area contributed by atoms with E-state index in [4.69, 9.17) is 0 Å². The van der Waals surface area contributed by atoms with E-state index >= 15 is 0 Å². The number of benzene rings is 1. The number of hydrogen-bond acceptors (Lipinski definition) is 3. The number of carbonyl (C=O) groups is 1. The fraction of sp³-hybridized carbons (Fsp3) is 0.357. The number of carbonyl (C=O) groups excluding carboxylic acids is 1. The van der Waals surface area contributed by atoms with Gasteiger partial charge < -0.3 is 10.2 Å². The Morgan fingerprint density at radius 3 is 2.67 bits per heavy atom. The molecule has 0 aliphatic carbocycles. The second-order valence-electron chi connectivity index (χ2n) is 5.44. The minimum atomic E-state index is -1.34. The number of nitrogens with one attached hydrogen (secondary N) is 3. The predicted molar refractivity (Wildman–Crippen MR) is 77.8 cm³/mol. The van der Waals surface area contributed by atoms with Crippen LogP contribution in [-0.2, 0) is 0 Å². The number of piperidine rings is 1. The molecule has 0 spiro atoms. The molecule has 1 aromatic heterocycles. The van der Waals surface area contributed by atoms with Crippen LogP contribution in [0.25, 0.3) is 0 Å². The minimum Gasteiger partial charge on any atom is -0.314 e. The Kier molecular flexibility index (Phi) is 4.28. The molecule has 3 N–H and O–H groups in total. The van der Waals surface area contributed by atoms with Gasteiger partial charge in [-0.2, -0.15) is 5.10 Å². The first-order valence-corrected chi connectivity index (χ1v) is 7.32. The SMILES string of the molecule is O=C(Nc1cc(F)c(F)cc1F)N1CCCCC1c1n[nH]c(=O)[nH]1. The molecule has 0 radical (unpaired) electrons. The molecule has 1 aliphatic rings. The lowest BCUT2D eigenvalue weighted by Crippen LogP contribution is -2.41. The number of aromatic amines is 2.